The van der Waals surface area contributed by atoms with Crippen molar-refractivity contribution in [3.05, 3.63) is 58.0 Å². The average molecular weight is 278 g/mol. The lowest BCUT2D eigenvalue weighted by molar-refractivity contribution is 0.0938. The third-order valence-corrected chi connectivity index (χ3v) is 3.22. The van der Waals surface area contributed by atoms with Gasteiger partial charge in [-0.3, -0.25) is 4.79 Å². The first kappa shape index (κ1) is 13.7. The Balaban J connectivity index is 2.13. The zero-order valence-electron chi connectivity index (χ0n) is 11.2. The van der Waals surface area contributed by atoms with Crippen LogP contribution in [0.5, 0.6) is 0 Å². The molecule has 0 aliphatic carbocycles. The van der Waals surface area contributed by atoms with E-state index in [1.165, 1.54) is 0 Å². The second-order valence-electron chi connectivity index (χ2n) is 4.58. The van der Waals surface area contributed by atoms with E-state index in [9.17, 15) is 4.79 Å². The van der Waals surface area contributed by atoms with Gasteiger partial charge in [0.1, 0.15) is 11.5 Å². The summed E-state index contributed by atoms with van der Waals surface area (Å²) in [5.41, 5.74) is 1.55. The number of hydrogen-bond donors (Lipinski definition) is 1. The van der Waals surface area contributed by atoms with Crippen LogP contribution in [0.2, 0.25) is 5.02 Å². The van der Waals surface area contributed by atoms with Gasteiger partial charge >= 0.3 is 0 Å². The highest BCUT2D eigenvalue weighted by Crippen LogP contribution is 2.19. The van der Waals surface area contributed by atoms with Crippen LogP contribution in [0.15, 0.2) is 34.7 Å². The summed E-state index contributed by atoms with van der Waals surface area (Å²) in [4.78, 5) is 12.1. The third kappa shape index (κ3) is 3.18. The molecule has 0 aliphatic rings. The van der Waals surface area contributed by atoms with Crippen molar-refractivity contribution >= 4 is 17.5 Å². The van der Waals surface area contributed by atoms with Gasteiger partial charge in [-0.25, -0.2) is 0 Å². The van der Waals surface area contributed by atoms with Gasteiger partial charge in [0.05, 0.1) is 11.6 Å². The minimum atomic E-state index is -0.137. The molecule has 100 valence electrons. The van der Waals surface area contributed by atoms with Gasteiger partial charge in [-0.2, -0.15) is 0 Å². The molecule has 0 saturated heterocycles. The number of benzene rings is 1. The van der Waals surface area contributed by atoms with Crippen LogP contribution >= 0.6 is 11.6 Å². The summed E-state index contributed by atoms with van der Waals surface area (Å²) in [6.07, 6.45) is 0. The highest BCUT2D eigenvalue weighted by molar-refractivity contribution is 6.30. The molecule has 0 fully saturated rings. The molecule has 1 aromatic carbocycles. The number of carbonyl (C=O) groups excluding carboxylic acids is 1. The quantitative estimate of drug-likeness (QED) is 0.920. The first-order valence-electron chi connectivity index (χ1n) is 6.10. The average Bonchev–Trinajstić information content (AvgIpc) is 2.68. The van der Waals surface area contributed by atoms with Gasteiger partial charge < -0.3 is 9.73 Å². The van der Waals surface area contributed by atoms with E-state index in [2.05, 4.69) is 5.32 Å². The minimum Gasteiger partial charge on any atom is -0.466 e. The SMILES string of the molecule is Cc1cc(C(=O)NC(C)c2cccc(Cl)c2)c(C)o1. The van der Waals surface area contributed by atoms with Crippen molar-refractivity contribution in [3.63, 3.8) is 0 Å². The van der Waals surface area contributed by atoms with Crippen LogP contribution in [0.3, 0.4) is 0 Å². The second-order valence-corrected chi connectivity index (χ2v) is 5.01. The first-order chi connectivity index (χ1) is 8.97. The number of halogens is 1. The van der Waals surface area contributed by atoms with Crippen LogP contribution in [-0.4, -0.2) is 5.91 Å². The molecule has 0 bridgehead atoms. The van der Waals surface area contributed by atoms with E-state index >= 15 is 0 Å². The van der Waals surface area contributed by atoms with Crippen molar-refractivity contribution in [1.82, 2.24) is 5.32 Å². The molecule has 0 spiro atoms. The molecule has 1 amide bonds. The van der Waals surface area contributed by atoms with Crippen LogP contribution in [0.25, 0.3) is 0 Å². The van der Waals surface area contributed by atoms with Crippen molar-refractivity contribution in [1.29, 1.82) is 0 Å². The molecule has 1 heterocycles. The Morgan fingerprint density at radius 3 is 2.63 bits per heavy atom. The maximum atomic E-state index is 12.1. The Morgan fingerprint density at radius 2 is 2.05 bits per heavy atom. The number of hydrogen-bond acceptors (Lipinski definition) is 2. The molecule has 1 unspecified atom stereocenters. The topological polar surface area (TPSA) is 42.2 Å². The molecule has 0 radical (unpaired) electrons. The summed E-state index contributed by atoms with van der Waals surface area (Å²) < 4.78 is 5.36. The van der Waals surface area contributed by atoms with Crippen LogP contribution in [0.4, 0.5) is 0 Å². The molecule has 1 aromatic heterocycles. The van der Waals surface area contributed by atoms with E-state index in [1.807, 2.05) is 38.1 Å². The number of amides is 1. The van der Waals surface area contributed by atoms with Crippen LogP contribution in [0.1, 0.15) is 40.4 Å². The summed E-state index contributed by atoms with van der Waals surface area (Å²) in [5, 5.41) is 3.60. The van der Waals surface area contributed by atoms with Crippen LogP contribution < -0.4 is 5.32 Å². The maximum absolute atomic E-state index is 12.1. The van der Waals surface area contributed by atoms with E-state index < -0.39 is 0 Å². The van der Waals surface area contributed by atoms with Gasteiger partial charge in [-0.15, -0.1) is 0 Å². The smallest absolute Gasteiger partial charge is 0.255 e. The normalized spacial score (nSPS) is 12.2. The molecule has 0 aliphatic heterocycles. The van der Waals surface area contributed by atoms with E-state index in [0.717, 1.165) is 11.3 Å². The fourth-order valence-corrected chi connectivity index (χ4v) is 2.19. The summed E-state index contributed by atoms with van der Waals surface area (Å²) in [6, 6.07) is 9.09. The molecule has 0 saturated carbocycles. The highest BCUT2D eigenvalue weighted by atomic mass is 35.5. The molecule has 2 rings (SSSR count). The van der Waals surface area contributed by atoms with Crippen molar-refractivity contribution in [2.24, 2.45) is 0 Å². The lowest BCUT2D eigenvalue weighted by Crippen LogP contribution is -2.26. The summed E-state index contributed by atoms with van der Waals surface area (Å²) in [6.45, 7) is 5.53. The van der Waals surface area contributed by atoms with Crippen molar-refractivity contribution < 1.29 is 9.21 Å². The molecular weight excluding hydrogens is 262 g/mol. The summed E-state index contributed by atoms with van der Waals surface area (Å²) >= 11 is 5.94. The standard InChI is InChI=1S/C15H16ClNO2/c1-9-7-14(11(3)19-9)15(18)17-10(2)12-5-4-6-13(16)8-12/h4-8,10H,1-3H3,(H,17,18). The van der Waals surface area contributed by atoms with E-state index in [0.29, 0.717) is 16.3 Å². The largest absolute Gasteiger partial charge is 0.466 e. The van der Waals surface area contributed by atoms with E-state index in [1.54, 1.807) is 13.0 Å². The van der Waals surface area contributed by atoms with Gasteiger partial charge in [-0.1, -0.05) is 23.7 Å². The molecule has 2 aromatic rings. The Bertz CT molecular complexity index is 604. The van der Waals surface area contributed by atoms with Gasteiger partial charge in [0.15, 0.2) is 0 Å². The number of nitrogens with one attached hydrogen (secondary N) is 1. The molecule has 1 atom stereocenters. The fourth-order valence-electron chi connectivity index (χ4n) is 1.99. The third-order valence-electron chi connectivity index (χ3n) is 2.98. The molecule has 3 nitrogen and oxygen atoms in total. The molecule has 4 heteroatoms. The van der Waals surface area contributed by atoms with Gasteiger partial charge in [0.25, 0.3) is 5.91 Å². The molecule has 19 heavy (non-hydrogen) atoms. The van der Waals surface area contributed by atoms with Crippen molar-refractivity contribution in [2.75, 3.05) is 0 Å². The van der Waals surface area contributed by atoms with E-state index in [4.69, 9.17) is 16.0 Å². The lowest BCUT2D eigenvalue weighted by Gasteiger charge is -2.14. The zero-order chi connectivity index (χ0) is 14.0. The number of rotatable bonds is 3. The first-order valence-corrected chi connectivity index (χ1v) is 6.48. The molecule has 1 N–H and O–H groups in total. The lowest BCUT2D eigenvalue weighted by atomic mass is 10.1. The number of aryl methyl sites for hydroxylation is 2. The monoisotopic (exact) mass is 277 g/mol. The Morgan fingerprint density at radius 1 is 1.32 bits per heavy atom. The predicted molar refractivity (Wildman–Crippen MR) is 75.5 cm³/mol. The minimum absolute atomic E-state index is 0.110. The predicted octanol–water partition coefficient (Wildman–Crippen LogP) is 4.04. The maximum Gasteiger partial charge on any atom is 0.255 e. The Hall–Kier alpha value is -1.74. The molecular formula is C15H16ClNO2. The van der Waals surface area contributed by atoms with E-state index in [-0.39, 0.29) is 11.9 Å². The highest BCUT2D eigenvalue weighted by Gasteiger charge is 2.16. The van der Waals surface area contributed by atoms with Crippen LogP contribution in [0, 0.1) is 13.8 Å². The fraction of sp³-hybridized carbons (Fsp3) is 0.267. The van der Waals surface area contributed by atoms with Gasteiger partial charge in [0.2, 0.25) is 0 Å². The Kier molecular flexibility index (Phi) is 3.96. The summed E-state index contributed by atoms with van der Waals surface area (Å²) in [7, 11) is 0. The Labute approximate surface area is 117 Å². The number of carbonyl (C=O) groups is 1. The summed E-state index contributed by atoms with van der Waals surface area (Å²) in [5.74, 6) is 1.23. The second kappa shape index (κ2) is 5.49. The van der Waals surface area contributed by atoms with Crippen molar-refractivity contribution in [3.8, 4) is 0 Å². The number of furan rings is 1. The van der Waals surface area contributed by atoms with Crippen molar-refractivity contribution in [2.45, 2.75) is 26.8 Å². The van der Waals surface area contributed by atoms with Gasteiger partial charge in [0, 0.05) is 5.02 Å². The van der Waals surface area contributed by atoms with Crippen LogP contribution in [-0.2, 0) is 0 Å². The zero-order valence-corrected chi connectivity index (χ0v) is 11.9. The van der Waals surface area contributed by atoms with Gasteiger partial charge in [-0.05, 0) is 44.5 Å².